The number of hydrogen-bond donors (Lipinski definition) is 2. The molecule has 158 valence electrons. The fraction of sp³-hybridized carbons (Fsp3) is 0.571. The third kappa shape index (κ3) is 6.83. The summed E-state index contributed by atoms with van der Waals surface area (Å²) in [4.78, 5) is 15.7. The molecule has 2 aromatic heterocycles. The summed E-state index contributed by atoms with van der Waals surface area (Å²) in [7, 11) is 0. The van der Waals surface area contributed by atoms with Gasteiger partial charge in [0.05, 0.1) is 19.3 Å². The first-order chi connectivity index (χ1) is 14.1. The zero-order chi connectivity index (χ0) is 20.5. The van der Waals surface area contributed by atoms with Crippen molar-refractivity contribution < 1.29 is 4.74 Å². The van der Waals surface area contributed by atoms with Gasteiger partial charge in [-0.25, -0.2) is 15.0 Å². The maximum atomic E-state index is 5.93. The van der Waals surface area contributed by atoms with Crippen LogP contribution in [0.4, 0.5) is 0 Å². The molecule has 0 saturated carbocycles. The van der Waals surface area contributed by atoms with Gasteiger partial charge in [0.15, 0.2) is 5.96 Å². The molecule has 3 heterocycles. The molecule has 0 spiro atoms. The van der Waals surface area contributed by atoms with Gasteiger partial charge in [-0.1, -0.05) is 13.8 Å². The lowest BCUT2D eigenvalue weighted by Gasteiger charge is -2.34. The van der Waals surface area contributed by atoms with Gasteiger partial charge in [-0.05, 0) is 30.5 Å². The molecule has 1 aliphatic rings. The molecule has 1 atom stereocenters. The van der Waals surface area contributed by atoms with Crippen LogP contribution < -0.4 is 10.6 Å². The summed E-state index contributed by atoms with van der Waals surface area (Å²) in [6.07, 6.45) is 7.36. The van der Waals surface area contributed by atoms with E-state index >= 15 is 0 Å². The van der Waals surface area contributed by atoms with E-state index in [1.165, 1.54) is 0 Å². The van der Waals surface area contributed by atoms with Crippen LogP contribution in [0.5, 0.6) is 0 Å². The predicted molar refractivity (Wildman–Crippen MR) is 115 cm³/mol. The zero-order valence-electron chi connectivity index (χ0n) is 17.7. The molecule has 2 N–H and O–H groups in total. The van der Waals surface area contributed by atoms with Crippen molar-refractivity contribution in [1.29, 1.82) is 0 Å². The molecule has 0 aromatic carbocycles. The van der Waals surface area contributed by atoms with Gasteiger partial charge in [0.25, 0.3) is 0 Å². The minimum absolute atomic E-state index is 0.181. The standard InChI is InChI=1S/C21H33N7O/c1-4-23-21(26-13-19-15-27(9-10-29-19)14-17(2)3)25-12-18-5-6-24-20(11-18)28-8-7-22-16-28/h5-8,11,16-17,19H,4,9-10,12-15H2,1-3H3,(H2,23,25,26). The Morgan fingerprint density at radius 2 is 2.24 bits per heavy atom. The number of ether oxygens (including phenoxy) is 1. The van der Waals surface area contributed by atoms with Crippen molar-refractivity contribution in [3.05, 3.63) is 42.6 Å². The minimum atomic E-state index is 0.181. The van der Waals surface area contributed by atoms with E-state index in [1.54, 1.807) is 18.7 Å². The van der Waals surface area contributed by atoms with Gasteiger partial charge in [0.2, 0.25) is 0 Å². The molecule has 0 bridgehead atoms. The number of hydrogen-bond acceptors (Lipinski definition) is 5. The van der Waals surface area contributed by atoms with E-state index in [1.807, 2.05) is 22.9 Å². The van der Waals surface area contributed by atoms with Gasteiger partial charge in [-0.3, -0.25) is 9.47 Å². The van der Waals surface area contributed by atoms with Crippen molar-refractivity contribution in [3.8, 4) is 5.82 Å². The monoisotopic (exact) mass is 399 g/mol. The Balaban J connectivity index is 1.55. The maximum absolute atomic E-state index is 5.93. The summed E-state index contributed by atoms with van der Waals surface area (Å²) in [5.41, 5.74) is 1.10. The number of imidazole rings is 1. The van der Waals surface area contributed by atoms with E-state index < -0.39 is 0 Å². The maximum Gasteiger partial charge on any atom is 0.191 e. The van der Waals surface area contributed by atoms with E-state index in [9.17, 15) is 0 Å². The molecule has 0 aliphatic carbocycles. The third-order valence-electron chi connectivity index (χ3n) is 4.69. The quantitative estimate of drug-likeness (QED) is 0.519. The molecule has 0 amide bonds. The Hall–Kier alpha value is -2.45. The normalized spacial score (nSPS) is 18.2. The van der Waals surface area contributed by atoms with Gasteiger partial charge >= 0.3 is 0 Å². The van der Waals surface area contributed by atoms with Crippen molar-refractivity contribution >= 4 is 5.96 Å². The van der Waals surface area contributed by atoms with Crippen LogP contribution >= 0.6 is 0 Å². The highest BCUT2D eigenvalue weighted by Crippen LogP contribution is 2.09. The molecular formula is C21H33N7O. The fourth-order valence-electron chi connectivity index (χ4n) is 3.40. The van der Waals surface area contributed by atoms with Gasteiger partial charge < -0.3 is 15.4 Å². The first kappa shape index (κ1) is 21.3. The smallest absolute Gasteiger partial charge is 0.191 e. The van der Waals surface area contributed by atoms with Crippen molar-refractivity contribution in [2.24, 2.45) is 10.9 Å². The second-order valence-corrected chi connectivity index (χ2v) is 7.71. The highest BCUT2D eigenvalue weighted by Gasteiger charge is 2.21. The lowest BCUT2D eigenvalue weighted by Crippen LogP contribution is -2.50. The van der Waals surface area contributed by atoms with Crippen LogP contribution in [0.15, 0.2) is 42.0 Å². The number of pyridine rings is 1. The Labute approximate surface area is 173 Å². The zero-order valence-corrected chi connectivity index (χ0v) is 17.7. The Morgan fingerprint density at radius 1 is 1.34 bits per heavy atom. The summed E-state index contributed by atoms with van der Waals surface area (Å²) in [5.74, 6) is 2.32. The lowest BCUT2D eigenvalue weighted by atomic mass is 10.2. The largest absolute Gasteiger partial charge is 0.374 e. The van der Waals surface area contributed by atoms with E-state index in [0.29, 0.717) is 12.5 Å². The Bertz CT molecular complexity index is 760. The minimum Gasteiger partial charge on any atom is -0.374 e. The van der Waals surface area contributed by atoms with Crippen LogP contribution in [-0.4, -0.2) is 70.8 Å². The lowest BCUT2D eigenvalue weighted by molar-refractivity contribution is -0.0284. The van der Waals surface area contributed by atoms with Gasteiger partial charge in [0.1, 0.15) is 12.1 Å². The van der Waals surface area contributed by atoms with Gasteiger partial charge in [-0.15, -0.1) is 0 Å². The first-order valence-corrected chi connectivity index (χ1v) is 10.4. The summed E-state index contributed by atoms with van der Waals surface area (Å²) in [6.45, 7) is 12.6. The summed E-state index contributed by atoms with van der Waals surface area (Å²) >= 11 is 0. The van der Waals surface area contributed by atoms with Gasteiger partial charge in [-0.2, -0.15) is 0 Å². The molecule has 29 heavy (non-hydrogen) atoms. The number of aromatic nitrogens is 3. The Morgan fingerprint density at radius 3 is 3.00 bits per heavy atom. The summed E-state index contributed by atoms with van der Waals surface area (Å²) < 4.78 is 7.82. The van der Waals surface area contributed by atoms with E-state index in [2.05, 4.69) is 46.3 Å². The Kier molecular flexibility index (Phi) is 8.01. The number of rotatable bonds is 8. The highest BCUT2D eigenvalue weighted by molar-refractivity contribution is 5.79. The molecule has 2 aromatic rings. The molecule has 1 aliphatic heterocycles. The van der Waals surface area contributed by atoms with E-state index in [0.717, 1.165) is 56.7 Å². The molecule has 3 rings (SSSR count). The van der Waals surface area contributed by atoms with Crippen LogP contribution in [-0.2, 0) is 11.3 Å². The fourth-order valence-corrected chi connectivity index (χ4v) is 3.40. The molecule has 1 saturated heterocycles. The van der Waals surface area contributed by atoms with Crippen molar-refractivity contribution in [2.45, 2.75) is 33.4 Å². The van der Waals surface area contributed by atoms with Crippen LogP contribution in [0, 0.1) is 5.92 Å². The average Bonchev–Trinajstić information content (AvgIpc) is 3.25. The summed E-state index contributed by atoms with van der Waals surface area (Å²) in [5, 5.41) is 6.75. The topological polar surface area (TPSA) is 79.6 Å². The predicted octanol–water partition coefficient (Wildman–Crippen LogP) is 1.68. The average molecular weight is 400 g/mol. The molecule has 0 radical (unpaired) electrons. The van der Waals surface area contributed by atoms with Gasteiger partial charge in [0, 0.05) is 51.3 Å². The van der Waals surface area contributed by atoms with Crippen LogP contribution in [0.2, 0.25) is 0 Å². The molecule has 1 fully saturated rings. The second-order valence-electron chi connectivity index (χ2n) is 7.71. The molecule has 8 heteroatoms. The van der Waals surface area contributed by atoms with E-state index in [-0.39, 0.29) is 6.10 Å². The van der Waals surface area contributed by atoms with Crippen molar-refractivity contribution in [2.75, 3.05) is 39.3 Å². The number of nitrogens with zero attached hydrogens (tertiary/aromatic N) is 5. The second kappa shape index (κ2) is 10.9. The SMILES string of the molecule is CCNC(=NCc1ccnc(-n2ccnc2)c1)NCC1CN(CC(C)C)CCO1. The number of guanidine groups is 1. The highest BCUT2D eigenvalue weighted by atomic mass is 16.5. The number of nitrogens with one attached hydrogen (secondary N) is 2. The molecular weight excluding hydrogens is 366 g/mol. The van der Waals surface area contributed by atoms with Crippen LogP contribution in [0.25, 0.3) is 5.82 Å². The van der Waals surface area contributed by atoms with Crippen molar-refractivity contribution in [1.82, 2.24) is 30.1 Å². The first-order valence-electron chi connectivity index (χ1n) is 10.4. The summed E-state index contributed by atoms with van der Waals surface area (Å²) in [6, 6.07) is 4.02. The van der Waals surface area contributed by atoms with Crippen LogP contribution in [0.3, 0.4) is 0 Å². The van der Waals surface area contributed by atoms with Crippen LogP contribution in [0.1, 0.15) is 26.3 Å². The third-order valence-corrected chi connectivity index (χ3v) is 4.69. The van der Waals surface area contributed by atoms with E-state index in [4.69, 9.17) is 9.73 Å². The number of aliphatic imine (C=N–C) groups is 1. The molecule has 1 unspecified atom stereocenters. The number of morpholine rings is 1. The molecule has 8 nitrogen and oxygen atoms in total. The van der Waals surface area contributed by atoms with Crippen molar-refractivity contribution in [3.63, 3.8) is 0 Å².